The van der Waals surface area contributed by atoms with Crippen molar-refractivity contribution in [3.8, 4) is 11.8 Å². The van der Waals surface area contributed by atoms with Crippen molar-refractivity contribution in [3.63, 3.8) is 0 Å². The number of ether oxygens (including phenoxy) is 2. The van der Waals surface area contributed by atoms with E-state index in [9.17, 15) is 29.9 Å². The maximum absolute atomic E-state index is 13.8. The molecule has 13 nitrogen and oxygen atoms in total. The fourth-order valence-electron chi connectivity index (χ4n) is 8.49. The molecule has 316 valence electrons. The number of aliphatic hydroxyl groups excluding tert-OH is 1. The van der Waals surface area contributed by atoms with Crippen molar-refractivity contribution in [1.29, 1.82) is 5.26 Å². The van der Waals surface area contributed by atoms with E-state index in [-0.39, 0.29) is 42.9 Å². The summed E-state index contributed by atoms with van der Waals surface area (Å²) in [6, 6.07) is 17.5. The first-order chi connectivity index (χ1) is 28.5. The minimum Gasteiger partial charge on any atom is -0.489 e. The molecule has 14 heteroatoms. The van der Waals surface area contributed by atoms with Gasteiger partial charge in [0.15, 0.2) is 0 Å². The van der Waals surface area contributed by atoms with Gasteiger partial charge >= 0.3 is 5.97 Å². The summed E-state index contributed by atoms with van der Waals surface area (Å²) >= 11 is 6.78. The van der Waals surface area contributed by atoms with E-state index in [1.54, 1.807) is 24.4 Å². The van der Waals surface area contributed by atoms with E-state index >= 15 is 0 Å². The lowest BCUT2D eigenvalue weighted by molar-refractivity contribution is -0.146. The van der Waals surface area contributed by atoms with Crippen LogP contribution in [0, 0.1) is 16.7 Å². The van der Waals surface area contributed by atoms with Gasteiger partial charge in [0.25, 0.3) is 0 Å². The molecule has 59 heavy (non-hydrogen) atoms. The molecule has 3 aliphatic rings. The lowest BCUT2D eigenvalue weighted by atomic mass is 9.73. The van der Waals surface area contributed by atoms with Gasteiger partial charge in [0.2, 0.25) is 11.8 Å². The molecule has 1 aromatic heterocycles. The molecule has 3 unspecified atom stereocenters. The number of halogens is 1. The molecular formula is C45H57ClN6O7. The van der Waals surface area contributed by atoms with Gasteiger partial charge in [-0.2, -0.15) is 5.26 Å². The van der Waals surface area contributed by atoms with E-state index in [0.717, 1.165) is 64.7 Å². The summed E-state index contributed by atoms with van der Waals surface area (Å²) in [7, 11) is 0. The minimum absolute atomic E-state index is 0.0351. The number of nitriles is 1. The third-order valence-corrected chi connectivity index (χ3v) is 12.4. The molecule has 3 aromatic rings. The maximum Gasteiger partial charge on any atom is 0.326 e. The molecule has 0 bridgehead atoms. The van der Waals surface area contributed by atoms with Gasteiger partial charge in [-0.3, -0.25) is 24.7 Å². The van der Waals surface area contributed by atoms with Crippen LogP contribution in [0.3, 0.4) is 0 Å². The number of carboxylic acid groups (broad SMARTS) is 1. The summed E-state index contributed by atoms with van der Waals surface area (Å²) in [6.45, 7) is 7.04. The topological polar surface area (TPSA) is 169 Å². The fraction of sp³-hybridized carbons (Fsp3) is 0.533. The third kappa shape index (κ3) is 12.0. The van der Waals surface area contributed by atoms with Gasteiger partial charge in [-0.1, -0.05) is 41.9 Å². The Hall–Kier alpha value is -4.58. The number of hydrogen-bond donors (Lipinski definition) is 3. The second kappa shape index (κ2) is 20.6. The van der Waals surface area contributed by atoms with Crippen molar-refractivity contribution in [2.45, 2.75) is 96.1 Å². The second-order valence-corrected chi connectivity index (χ2v) is 17.0. The number of carbonyl (C=O) groups is 3. The Morgan fingerprint density at radius 2 is 1.71 bits per heavy atom. The van der Waals surface area contributed by atoms with Crippen molar-refractivity contribution in [2.75, 3.05) is 52.4 Å². The molecule has 0 aliphatic carbocycles. The number of hydrogen-bond acceptors (Lipinski definition) is 10. The van der Waals surface area contributed by atoms with Gasteiger partial charge in [0.05, 0.1) is 24.9 Å². The molecule has 3 aliphatic heterocycles. The van der Waals surface area contributed by atoms with Crippen molar-refractivity contribution >= 4 is 29.4 Å². The molecule has 2 aromatic carbocycles. The average Bonchev–Trinajstić information content (AvgIpc) is 3.71. The number of aliphatic hydroxyl groups is 1. The van der Waals surface area contributed by atoms with Crippen molar-refractivity contribution in [1.82, 2.24) is 25.0 Å². The molecule has 3 N–H and O–H groups in total. The van der Waals surface area contributed by atoms with E-state index in [1.807, 2.05) is 28.0 Å². The van der Waals surface area contributed by atoms with Crippen LogP contribution in [0.15, 0.2) is 60.9 Å². The number of carboxylic acids is 1. The van der Waals surface area contributed by atoms with Crippen LogP contribution in [0.5, 0.6) is 5.75 Å². The quantitative estimate of drug-likeness (QED) is 0.151. The summed E-state index contributed by atoms with van der Waals surface area (Å²) in [5, 5.41) is 32.0. The van der Waals surface area contributed by atoms with E-state index in [4.69, 9.17) is 21.1 Å². The monoisotopic (exact) mass is 828 g/mol. The maximum atomic E-state index is 13.8. The lowest BCUT2D eigenvalue weighted by Crippen LogP contribution is -2.54. The molecule has 3 atom stereocenters. The van der Waals surface area contributed by atoms with Gasteiger partial charge in [0.1, 0.15) is 24.0 Å². The third-order valence-electron chi connectivity index (χ3n) is 12.1. The number of aromatic nitrogens is 1. The van der Waals surface area contributed by atoms with Crippen molar-refractivity contribution in [2.24, 2.45) is 5.41 Å². The number of aliphatic carboxylic acids is 1. The zero-order valence-electron chi connectivity index (χ0n) is 34.0. The van der Waals surface area contributed by atoms with Crippen LogP contribution in [0.4, 0.5) is 0 Å². The Bertz CT molecular complexity index is 1960. The zero-order chi connectivity index (χ0) is 41.8. The first-order valence-corrected chi connectivity index (χ1v) is 21.2. The van der Waals surface area contributed by atoms with Gasteiger partial charge < -0.3 is 34.4 Å². The van der Waals surface area contributed by atoms with Crippen LogP contribution < -0.4 is 10.1 Å². The average molecular weight is 829 g/mol. The Balaban J connectivity index is 1.01. The van der Waals surface area contributed by atoms with Crippen LogP contribution >= 0.6 is 11.6 Å². The first-order valence-electron chi connectivity index (χ1n) is 20.8. The fourth-order valence-corrected chi connectivity index (χ4v) is 8.77. The first kappa shape index (κ1) is 44.0. The predicted molar refractivity (Wildman–Crippen MR) is 222 cm³/mol. The number of rotatable bonds is 18. The largest absolute Gasteiger partial charge is 0.489 e. The lowest BCUT2D eigenvalue weighted by Gasteiger charge is -2.48. The molecule has 4 heterocycles. The van der Waals surface area contributed by atoms with Crippen LogP contribution in [0.2, 0.25) is 5.02 Å². The van der Waals surface area contributed by atoms with E-state index in [1.165, 1.54) is 18.7 Å². The molecule has 1 spiro atoms. The smallest absolute Gasteiger partial charge is 0.326 e. The Morgan fingerprint density at radius 1 is 0.983 bits per heavy atom. The molecule has 6 rings (SSSR count). The Kier molecular flexibility index (Phi) is 15.4. The second-order valence-electron chi connectivity index (χ2n) is 16.6. The number of pyridine rings is 1. The number of aryl methyl sites for hydroxylation is 1. The SMILES string of the molecule is CC(CO)(NCc1cc(Cl)c(CCC(=O)N2CCCC3(CCCN(C(=O)CCCN4CCC(OCc5ccccc5)C4)C3)C2)cc1OCc1cncc(C#N)c1)C(=O)O. The van der Waals surface area contributed by atoms with Gasteiger partial charge in [-0.15, -0.1) is 0 Å². The Labute approximate surface area is 352 Å². The summed E-state index contributed by atoms with van der Waals surface area (Å²) < 4.78 is 12.3. The van der Waals surface area contributed by atoms with E-state index < -0.39 is 18.1 Å². The van der Waals surface area contributed by atoms with Crippen LogP contribution in [-0.4, -0.2) is 112 Å². The number of nitrogens with one attached hydrogen (secondary N) is 1. The predicted octanol–water partition coefficient (Wildman–Crippen LogP) is 5.35. The van der Waals surface area contributed by atoms with E-state index in [0.29, 0.717) is 72.1 Å². The molecule has 2 amide bonds. The van der Waals surface area contributed by atoms with Crippen molar-refractivity contribution < 1.29 is 34.1 Å². The highest BCUT2D eigenvalue weighted by atomic mass is 35.5. The highest BCUT2D eigenvalue weighted by Gasteiger charge is 2.41. The Morgan fingerprint density at radius 3 is 2.41 bits per heavy atom. The summed E-state index contributed by atoms with van der Waals surface area (Å²) in [4.78, 5) is 49.6. The van der Waals surface area contributed by atoms with Gasteiger partial charge in [0, 0.05) is 92.6 Å². The van der Waals surface area contributed by atoms with E-state index in [2.05, 4.69) is 33.4 Å². The highest BCUT2D eigenvalue weighted by molar-refractivity contribution is 6.31. The summed E-state index contributed by atoms with van der Waals surface area (Å²) in [5.74, 6) is -0.539. The molecule has 3 fully saturated rings. The standard InChI is InChI=1S/C45H57ClN6O7/c1-44(32-53,43(56)57)49-26-37-21-39(46)36(22-40(37)59-29-35-20-34(23-47)24-48-25-35)11-12-42(55)52-18-7-15-45(31-52)14-6-17-51(30-45)41(54)10-5-16-50-19-13-38(27-50)58-28-33-8-3-2-4-9-33/h2-4,8-9,20-22,24-25,38,49,53H,5-7,10-19,26-32H2,1H3,(H,56,57). The van der Waals surface area contributed by atoms with Gasteiger partial charge in [-0.25, -0.2) is 0 Å². The minimum atomic E-state index is -1.59. The van der Waals surface area contributed by atoms with Crippen LogP contribution in [0.25, 0.3) is 0 Å². The molecule has 0 saturated carbocycles. The van der Waals surface area contributed by atoms with Crippen molar-refractivity contribution in [3.05, 3.63) is 93.8 Å². The molecule has 0 radical (unpaired) electrons. The number of nitrogens with zero attached hydrogens (tertiary/aromatic N) is 5. The van der Waals surface area contributed by atoms with Gasteiger partial charge in [-0.05, 0) is 87.7 Å². The molecular weight excluding hydrogens is 772 g/mol. The molecule has 3 saturated heterocycles. The van der Waals surface area contributed by atoms with Crippen LogP contribution in [0.1, 0.15) is 86.1 Å². The number of likely N-dealkylation sites (tertiary alicyclic amines) is 3. The summed E-state index contributed by atoms with van der Waals surface area (Å²) in [6.07, 6.45) is 10.0. The number of amides is 2. The number of piperidine rings is 2. The zero-order valence-corrected chi connectivity index (χ0v) is 34.8. The number of benzene rings is 2. The summed E-state index contributed by atoms with van der Waals surface area (Å²) in [5.41, 5.74) is 1.82. The van der Waals surface area contributed by atoms with Crippen LogP contribution in [-0.2, 0) is 45.3 Å². The normalized spacial score (nSPS) is 20.6. The highest BCUT2D eigenvalue weighted by Crippen LogP contribution is 2.39. The number of carbonyl (C=O) groups excluding carboxylic acids is 2.